The van der Waals surface area contributed by atoms with Crippen molar-refractivity contribution in [3.63, 3.8) is 0 Å². The Morgan fingerprint density at radius 3 is 2.54 bits per heavy atom. The van der Waals surface area contributed by atoms with E-state index in [4.69, 9.17) is 0 Å². The zero-order valence-electron chi connectivity index (χ0n) is 14.6. The van der Waals surface area contributed by atoms with Gasteiger partial charge < -0.3 is 5.32 Å². The lowest BCUT2D eigenvalue weighted by Gasteiger charge is -2.28. The van der Waals surface area contributed by atoms with Gasteiger partial charge in [0.25, 0.3) is 0 Å². The summed E-state index contributed by atoms with van der Waals surface area (Å²) in [6.45, 7) is 3.53. The smallest absolute Gasteiger partial charge is 0.194 e. The zero-order valence-corrected chi connectivity index (χ0v) is 14.6. The first-order valence-electron chi connectivity index (χ1n) is 9.04. The Bertz CT molecular complexity index is 786. The van der Waals surface area contributed by atoms with Crippen molar-refractivity contribution >= 4 is 5.82 Å². The number of rotatable bonds is 5. The molecule has 26 heavy (non-hydrogen) atoms. The van der Waals surface area contributed by atoms with Crippen molar-refractivity contribution in [3.8, 4) is 0 Å². The minimum absolute atomic E-state index is 0.0684. The molecule has 7 heteroatoms. The summed E-state index contributed by atoms with van der Waals surface area (Å²) in [7, 11) is 0. The van der Waals surface area contributed by atoms with Crippen LogP contribution in [0, 0.1) is 17.5 Å². The fourth-order valence-electron chi connectivity index (χ4n) is 3.73. The second kappa shape index (κ2) is 6.87. The lowest BCUT2D eigenvalue weighted by molar-refractivity contribution is 0.263. The van der Waals surface area contributed by atoms with Crippen molar-refractivity contribution < 1.29 is 13.2 Å². The maximum Gasteiger partial charge on any atom is 0.194 e. The number of hydrogen-bond acceptors (Lipinski definition) is 4. The average Bonchev–Trinajstić information content (AvgIpc) is 3.41. The van der Waals surface area contributed by atoms with Gasteiger partial charge in [-0.05, 0) is 49.6 Å². The van der Waals surface area contributed by atoms with E-state index in [0.717, 1.165) is 56.1 Å². The van der Waals surface area contributed by atoms with Crippen molar-refractivity contribution in [2.75, 3.05) is 18.4 Å². The van der Waals surface area contributed by atoms with Crippen molar-refractivity contribution in [2.45, 2.75) is 44.2 Å². The molecule has 0 bridgehead atoms. The maximum absolute atomic E-state index is 13.8. The van der Waals surface area contributed by atoms with Gasteiger partial charge in [0.05, 0.1) is 6.04 Å². The molecule has 1 saturated heterocycles. The molecule has 0 amide bonds. The molecule has 2 aliphatic rings. The predicted molar refractivity (Wildman–Crippen MR) is 92.3 cm³/mol. The molecule has 1 aromatic heterocycles. The van der Waals surface area contributed by atoms with Crippen molar-refractivity contribution in [3.05, 3.63) is 53.2 Å². The summed E-state index contributed by atoms with van der Waals surface area (Å²) in [5.74, 6) is -1.72. The number of likely N-dealkylation sites (tertiary alicyclic amines) is 1. The molecule has 2 unspecified atom stereocenters. The number of aromatic nitrogens is 2. The van der Waals surface area contributed by atoms with Crippen LogP contribution in [0.1, 0.15) is 49.5 Å². The number of likely N-dealkylation sites (N-methyl/N-ethyl adjacent to an activating group) is 1. The molecule has 4 nitrogen and oxygen atoms in total. The second-order valence-corrected chi connectivity index (χ2v) is 6.99. The van der Waals surface area contributed by atoms with Crippen molar-refractivity contribution in [1.82, 2.24) is 14.9 Å². The van der Waals surface area contributed by atoms with Crippen molar-refractivity contribution in [1.29, 1.82) is 0 Å². The highest BCUT2D eigenvalue weighted by Crippen LogP contribution is 2.39. The third kappa shape index (κ3) is 3.28. The summed E-state index contributed by atoms with van der Waals surface area (Å²) in [5, 5.41) is 3.40. The van der Waals surface area contributed by atoms with E-state index in [1.807, 2.05) is 13.0 Å². The van der Waals surface area contributed by atoms with Crippen LogP contribution >= 0.6 is 0 Å². The van der Waals surface area contributed by atoms with Gasteiger partial charge in [0.1, 0.15) is 11.6 Å². The molecule has 1 aliphatic carbocycles. The highest BCUT2D eigenvalue weighted by molar-refractivity contribution is 5.38. The van der Waals surface area contributed by atoms with Gasteiger partial charge in [0, 0.05) is 24.7 Å². The fraction of sp³-hybridized carbons (Fsp3) is 0.474. The molecule has 2 atom stereocenters. The van der Waals surface area contributed by atoms with Crippen LogP contribution in [0.4, 0.5) is 19.0 Å². The van der Waals surface area contributed by atoms with Crippen LogP contribution in [0.15, 0.2) is 24.4 Å². The van der Waals surface area contributed by atoms with E-state index in [2.05, 4.69) is 20.2 Å². The van der Waals surface area contributed by atoms with Crippen molar-refractivity contribution in [2.24, 2.45) is 0 Å². The van der Waals surface area contributed by atoms with E-state index in [9.17, 15) is 13.2 Å². The molecule has 2 fully saturated rings. The molecule has 2 aromatic rings. The van der Waals surface area contributed by atoms with E-state index in [1.54, 1.807) is 6.20 Å². The average molecular weight is 362 g/mol. The largest absolute Gasteiger partial charge is 0.365 e. The van der Waals surface area contributed by atoms with E-state index in [-0.39, 0.29) is 12.1 Å². The van der Waals surface area contributed by atoms with Gasteiger partial charge in [-0.15, -0.1) is 0 Å². The summed E-state index contributed by atoms with van der Waals surface area (Å²) < 4.78 is 40.9. The van der Waals surface area contributed by atoms with Crippen LogP contribution < -0.4 is 5.32 Å². The van der Waals surface area contributed by atoms with Crippen LogP contribution in [0.25, 0.3) is 0 Å². The minimum Gasteiger partial charge on any atom is -0.365 e. The fourth-order valence-corrected chi connectivity index (χ4v) is 3.73. The Morgan fingerprint density at radius 1 is 1.15 bits per heavy atom. The van der Waals surface area contributed by atoms with Crippen LogP contribution in [0.3, 0.4) is 0 Å². The third-order valence-electron chi connectivity index (χ3n) is 5.21. The highest BCUT2D eigenvalue weighted by atomic mass is 19.2. The van der Waals surface area contributed by atoms with E-state index >= 15 is 0 Å². The van der Waals surface area contributed by atoms with Crippen LogP contribution in [-0.4, -0.2) is 34.0 Å². The maximum atomic E-state index is 13.8. The summed E-state index contributed by atoms with van der Waals surface area (Å²) in [5.41, 5.74) is 0.440. The van der Waals surface area contributed by atoms with Gasteiger partial charge >= 0.3 is 0 Å². The quantitative estimate of drug-likeness (QED) is 0.816. The second-order valence-electron chi connectivity index (χ2n) is 6.99. The predicted octanol–water partition coefficient (Wildman–Crippen LogP) is 4.02. The van der Waals surface area contributed by atoms with Crippen LogP contribution in [0.2, 0.25) is 0 Å². The summed E-state index contributed by atoms with van der Waals surface area (Å²) >= 11 is 0. The normalized spacial score (nSPS) is 23.4. The Morgan fingerprint density at radius 2 is 1.88 bits per heavy atom. The lowest BCUT2D eigenvalue weighted by atomic mass is 9.99. The Balaban J connectivity index is 1.61. The van der Waals surface area contributed by atoms with Gasteiger partial charge in [0.2, 0.25) is 0 Å². The Kier molecular flexibility index (Phi) is 4.56. The van der Waals surface area contributed by atoms with Gasteiger partial charge in [-0.25, -0.2) is 23.1 Å². The summed E-state index contributed by atoms with van der Waals surface area (Å²) in [6, 6.07) is 3.69. The lowest BCUT2D eigenvalue weighted by Crippen LogP contribution is -2.31. The topological polar surface area (TPSA) is 41.0 Å². The summed E-state index contributed by atoms with van der Waals surface area (Å²) in [4.78, 5) is 11.0. The molecule has 1 aromatic carbocycles. The molecule has 4 rings (SSSR count). The first-order valence-corrected chi connectivity index (χ1v) is 9.04. The first-order chi connectivity index (χ1) is 12.6. The Hall–Kier alpha value is -2.15. The number of benzene rings is 1. The van der Waals surface area contributed by atoms with E-state index < -0.39 is 17.5 Å². The molecule has 2 heterocycles. The SMILES string of the molecule is CCN1CCC(Nc2ccnc(C3CC3)n2)C1c1cc(F)c(F)c(F)c1. The number of halogens is 3. The number of nitrogens with zero attached hydrogens (tertiary/aromatic N) is 3. The minimum atomic E-state index is -1.43. The highest BCUT2D eigenvalue weighted by Gasteiger charge is 2.36. The molecule has 1 aliphatic heterocycles. The first kappa shape index (κ1) is 17.3. The molecule has 138 valence electrons. The van der Waals surface area contributed by atoms with E-state index in [0.29, 0.717) is 11.5 Å². The van der Waals surface area contributed by atoms with Gasteiger partial charge in [-0.1, -0.05) is 6.92 Å². The molecule has 0 radical (unpaired) electrons. The van der Waals surface area contributed by atoms with Crippen LogP contribution in [-0.2, 0) is 0 Å². The molecule has 1 saturated carbocycles. The monoisotopic (exact) mass is 362 g/mol. The molecule has 1 N–H and O–H groups in total. The number of anilines is 1. The molecular formula is C19H21F3N4. The standard InChI is InChI=1S/C19H21F3N4/c1-2-26-8-6-15(18(26)12-9-13(20)17(22)14(21)10-12)24-16-5-7-23-19(25-16)11-3-4-11/h5,7,9-11,15,18H,2-4,6,8H2,1H3,(H,23,24,25). The number of hydrogen-bond donors (Lipinski definition) is 1. The van der Waals surface area contributed by atoms with E-state index in [1.165, 1.54) is 0 Å². The Labute approximate surface area is 150 Å². The molecular weight excluding hydrogens is 341 g/mol. The van der Waals surface area contributed by atoms with Gasteiger partial charge in [0.15, 0.2) is 17.5 Å². The third-order valence-corrected chi connectivity index (χ3v) is 5.21. The van der Waals surface area contributed by atoms with Gasteiger partial charge in [-0.2, -0.15) is 0 Å². The van der Waals surface area contributed by atoms with Gasteiger partial charge in [-0.3, -0.25) is 4.90 Å². The molecule has 0 spiro atoms. The van der Waals surface area contributed by atoms with Crippen LogP contribution in [0.5, 0.6) is 0 Å². The summed E-state index contributed by atoms with van der Waals surface area (Å²) in [6.07, 6.45) is 4.78. The zero-order chi connectivity index (χ0) is 18.3. The number of nitrogens with one attached hydrogen (secondary N) is 1.